The Hall–Kier alpha value is -2.93. The number of carbonyl (C=O) groups excluding carboxylic acids is 2. The van der Waals surface area contributed by atoms with E-state index in [0.29, 0.717) is 27.3 Å². The van der Waals surface area contributed by atoms with Crippen LogP contribution in [0.3, 0.4) is 0 Å². The molecule has 0 saturated heterocycles. The highest BCUT2D eigenvalue weighted by Gasteiger charge is 2.29. The average Bonchev–Trinajstić information content (AvgIpc) is 2.94. The van der Waals surface area contributed by atoms with E-state index in [1.165, 1.54) is 24.1 Å². The zero-order valence-corrected chi connectivity index (χ0v) is 17.7. The molecule has 29 heavy (non-hydrogen) atoms. The zero-order chi connectivity index (χ0) is 21.5. The number of hydrogen-bond acceptors (Lipinski definition) is 5. The summed E-state index contributed by atoms with van der Waals surface area (Å²) in [7, 11) is 1.28. The Morgan fingerprint density at radius 1 is 1.17 bits per heavy atom. The van der Waals surface area contributed by atoms with Gasteiger partial charge in [0.1, 0.15) is 0 Å². The van der Waals surface area contributed by atoms with Gasteiger partial charge in [-0.3, -0.25) is 14.2 Å². The molecule has 0 N–H and O–H groups in total. The molecule has 0 radical (unpaired) electrons. The van der Waals surface area contributed by atoms with E-state index in [4.69, 9.17) is 16.3 Å². The summed E-state index contributed by atoms with van der Waals surface area (Å²) in [5, 5.41) is 0.738. The van der Waals surface area contributed by atoms with Crippen LogP contribution in [0.4, 0.5) is 0 Å². The number of aromatic nitrogens is 3. The monoisotopic (exact) mass is 415 g/mol. The Labute approximate surface area is 172 Å². The Morgan fingerprint density at radius 2 is 1.83 bits per heavy atom. The average molecular weight is 416 g/mol. The summed E-state index contributed by atoms with van der Waals surface area (Å²) >= 11 is 5.99. The molecule has 1 aromatic carbocycles. The number of carbonyl (C=O) groups is 2. The lowest BCUT2D eigenvalue weighted by Gasteiger charge is -2.13. The number of Topliss-reactive ketones (excluding diaryl/α,β-unsaturated/α-hetero) is 1. The van der Waals surface area contributed by atoms with E-state index in [9.17, 15) is 14.4 Å². The number of methoxy groups -OCH3 is 1. The minimum Gasteiger partial charge on any atom is -0.465 e. The second-order valence-electron chi connectivity index (χ2n) is 7.14. The van der Waals surface area contributed by atoms with Crippen molar-refractivity contribution in [3.05, 3.63) is 62.4 Å². The normalized spacial score (nSPS) is 11.3. The highest BCUT2D eigenvalue weighted by Crippen LogP contribution is 2.27. The third-order valence-electron chi connectivity index (χ3n) is 4.98. The fourth-order valence-corrected chi connectivity index (χ4v) is 3.97. The van der Waals surface area contributed by atoms with Crippen molar-refractivity contribution in [2.24, 2.45) is 0 Å². The van der Waals surface area contributed by atoms with Gasteiger partial charge in [0.2, 0.25) is 0 Å². The van der Waals surface area contributed by atoms with E-state index in [2.05, 4.69) is 4.98 Å². The van der Waals surface area contributed by atoms with Crippen LogP contribution in [0, 0.1) is 13.8 Å². The minimum absolute atomic E-state index is 0.0483. The first kappa shape index (κ1) is 20.8. The summed E-state index contributed by atoms with van der Waals surface area (Å²) in [6.07, 6.45) is 1.33. The van der Waals surface area contributed by atoms with Crippen LogP contribution >= 0.6 is 11.6 Å². The van der Waals surface area contributed by atoms with Gasteiger partial charge < -0.3 is 9.30 Å². The molecule has 0 aliphatic heterocycles. The third-order valence-corrected chi connectivity index (χ3v) is 5.22. The summed E-state index contributed by atoms with van der Waals surface area (Å²) < 4.78 is 8.04. The van der Waals surface area contributed by atoms with Crippen LogP contribution < -0.4 is 5.56 Å². The molecule has 152 valence electrons. The molecule has 0 spiro atoms. The maximum Gasteiger partial charge on any atom is 0.340 e. The number of benzene rings is 1. The van der Waals surface area contributed by atoms with E-state index < -0.39 is 5.97 Å². The van der Waals surface area contributed by atoms with Crippen LogP contribution in [0.1, 0.15) is 52.0 Å². The zero-order valence-electron chi connectivity index (χ0n) is 16.9. The lowest BCUT2D eigenvalue weighted by molar-refractivity contribution is 0.0596. The molecule has 0 amide bonds. The van der Waals surface area contributed by atoms with E-state index in [0.717, 1.165) is 0 Å². The van der Waals surface area contributed by atoms with Crippen molar-refractivity contribution < 1.29 is 14.3 Å². The second kappa shape index (κ2) is 7.83. The predicted octanol–water partition coefficient (Wildman–Crippen LogP) is 3.72. The van der Waals surface area contributed by atoms with Crippen LogP contribution in [0.5, 0.6) is 0 Å². The summed E-state index contributed by atoms with van der Waals surface area (Å²) in [6.45, 7) is 7.25. The van der Waals surface area contributed by atoms with E-state index >= 15 is 0 Å². The minimum atomic E-state index is -0.580. The molecule has 0 aliphatic rings. The molecule has 2 aromatic heterocycles. The predicted molar refractivity (Wildman–Crippen MR) is 111 cm³/mol. The molecule has 0 atom stereocenters. The van der Waals surface area contributed by atoms with Crippen molar-refractivity contribution in [3.63, 3.8) is 0 Å². The number of ketones is 1. The van der Waals surface area contributed by atoms with Gasteiger partial charge in [-0.15, -0.1) is 0 Å². The van der Waals surface area contributed by atoms with E-state index in [1.807, 2.05) is 18.4 Å². The topological polar surface area (TPSA) is 83.2 Å². The van der Waals surface area contributed by atoms with Crippen molar-refractivity contribution in [3.8, 4) is 0 Å². The maximum absolute atomic E-state index is 13.2. The highest BCUT2D eigenvalue weighted by molar-refractivity contribution is 6.31. The first-order chi connectivity index (χ1) is 13.7. The van der Waals surface area contributed by atoms with Gasteiger partial charge in [-0.25, -0.2) is 9.78 Å². The maximum atomic E-state index is 13.2. The summed E-state index contributed by atoms with van der Waals surface area (Å²) in [5.74, 6) is -0.945. The lowest BCUT2D eigenvalue weighted by Crippen LogP contribution is -2.25. The quantitative estimate of drug-likeness (QED) is 0.468. The molecule has 0 bridgehead atoms. The fourth-order valence-electron chi connectivity index (χ4n) is 3.80. The van der Waals surface area contributed by atoms with Gasteiger partial charge in [-0.2, -0.15) is 0 Å². The number of ether oxygens (including phenoxy) is 1. The molecule has 0 aliphatic carbocycles. The molecule has 0 fully saturated rings. The molecular formula is C21H22ClN3O4. The van der Waals surface area contributed by atoms with Crippen molar-refractivity contribution in [1.29, 1.82) is 0 Å². The van der Waals surface area contributed by atoms with Gasteiger partial charge >= 0.3 is 5.97 Å². The number of halogens is 1. The number of fused-ring (bicyclic) bond motifs is 1. The van der Waals surface area contributed by atoms with Crippen LogP contribution in [-0.2, 0) is 11.3 Å². The Balaban J connectivity index is 2.11. The fraction of sp³-hybridized carbons (Fsp3) is 0.333. The van der Waals surface area contributed by atoms with Crippen LogP contribution in [-0.4, -0.2) is 33.0 Å². The molecule has 8 heteroatoms. The Kier molecular flexibility index (Phi) is 5.61. The number of nitrogens with zero attached hydrogens (tertiary/aromatic N) is 3. The SMILES string of the molecule is COC(=O)c1c(C(=O)Cn2cnc3ccc(Cl)cc3c2=O)c(C)n(C(C)C)c1C. The van der Waals surface area contributed by atoms with Gasteiger partial charge in [0.15, 0.2) is 5.78 Å². The van der Waals surface area contributed by atoms with Crippen molar-refractivity contribution in [1.82, 2.24) is 14.1 Å². The van der Waals surface area contributed by atoms with Crippen LogP contribution in [0.25, 0.3) is 10.9 Å². The Bertz CT molecular complexity index is 1190. The number of esters is 1. The van der Waals surface area contributed by atoms with Crippen LogP contribution in [0.2, 0.25) is 5.02 Å². The van der Waals surface area contributed by atoms with Crippen LogP contribution in [0.15, 0.2) is 29.3 Å². The molecule has 3 rings (SSSR count). The van der Waals surface area contributed by atoms with Gasteiger partial charge in [-0.1, -0.05) is 11.6 Å². The van der Waals surface area contributed by atoms with Crippen molar-refractivity contribution in [2.75, 3.05) is 7.11 Å². The third kappa shape index (κ3) is 3.58. The molecule has 2 heterocycles. The van der Waals surface area contributed by atoms with Gasteiger partial charge in [0, 0.05) is 22.5 Å². The number of hydrogen-bond donors (Lipinski definition) is 0. The molecule has 7 nitrogen and oxygen atoms in total. The van der Waals surface area contributed by atoms with Crippen molar-refractivity contribution in [2.45, 2.75) is 40.3 Å². The Morgan fingerprint density at radius 3 is 2.45 bits per heavy atom. The standard InChI is InChI=1S/C21H22ClN3O4/c1-11(2)25-12(3)18(19(13(25)4)21(28)29-5)17(26)9-24-10-23-16-7-6-14(22)8-15(16)20(24)27/h6-8,10-11H,9H2,1-5H3. The first-order valence-electron chi connectivity index (χ1n) is 9.15. The smallest absolute Gasteiger partial charge is 0.340 e. The van der Waals surface area contributed by atoms with Gasteiger partial charge in [-0.05, 0) is 45.9 Å². The molecule has 0 unspecified atom stereocenters. The molecule has 3 aromatic rings. The largest absolute Gasteiger partial charge is 0.465 e. The van der Waals surface area contributed by atoms with Gasteiger partial charge in [0.05, 0.1) is 42.0 Å². The second-order valence-corrected chi connectivity index (χ2v) is 7.57. The lowest BCUT2D eigenvalue weighted by atomic mass is 10.0. The van der Waals surface area contributed by atoms with Gasteiger partial charge in [0.25, 0.3) is 5.56 Å². The summed E-state index contributed by atoms with van der Waals surface area (Å²) in [6, 6.07) is 4.87. The highest BCUT2D eigenvalue weighted by atomic mass is 35.5. The molecular weight excluding hydrogens is 394 g/mol. The molecule has 0 saturated carbocycles. The first-order valence-corrected chi connectivity index (χ1v) is 9.52. The number of rotatable bonds is 5. The summed E-state index contributed by atoms with van der Waals surface area (Å²) in [4.78, 5) is 42.6. The van der Waals surface area contributed by atoms with E-state index in [-0.39, 0.29) is 35.1 Å². The van der Waals surface area contributed by atoms with Crippen molar-refractivity contribution >= 4 is 34.3 Å². The summed E-state index contributed by atoms with van der Waals surface area (Å²) in [5.41, 5.74) is 1.94. The van der Waals surface area contributed by atoms with E-state index in [1.54, 1.807) is 26.0 Å².